The predicted molar refractivity (Wildman–Crippen MR) is 160 cm³/mol. The van der Waals surface area contributed by atoms with Gasteiger partial charge in [-0.2, -0.15) is 0 Å². The lowest BCUT2D eigenvalue weighted by molar-refractivity contribution is 1.25. The Balaban J connectivity index is 1.14. The van der Waals surface area contributed by atoms with Crippen molar-refractivity contribution in [1.82, 2.24) is 0 Å². The molecule has 0 aromatic heterocycles. The van der Waals surface area contributed by atoms with Crippen LogP contribution in [-0.4, -0.2) is 0 Å². The highest BCUT2D eigenvalue weighted by Gasteiger charge is 2.28. The second-order valence-corrected chi connectivity index (χ2v) is 16.4. The van der Waals surface area contributed by atoms with Crippen LogP contribution in [0.1, 0.15) is 0 Å². The molecule has 0 aliphatic carbocycles. The van der Waals surface area contributed by atoms with E-state index in [0.717, 1.165) is 0 Å². The summed E-state index contributed by atoms with van der Waals surface area (Å²) in [5, 5.41) is 14.1. The highest BCUT2D eigenvalue weighted by atomic mass is 32.2. The van der Waals surface area contributed by atoms with Crippen LogP contribution in [0, 0.1) is 0 Å². The van der Waals surface area contributed by atoms with Gasteiger partial charge in [0, 0.05) is 39.2 Å². The van der Waals surface area contributed by atoms with E-state index in [2.05, 4.69) is 70.2 Å². The van der Waals surface area contributed by atoms with E-state index in [-0.39, 0.29) is 0 Å². The quantitative estimate of drug-likeness (QED) is 0.199. The molecule has 0 amide bonds. The minimum absolute atomic E-state index is 1.34. The molecule has 4 aromatic rings. The molecule has 0 fully saturated rings. The third kappa shape index (κ3) is 3.64. The van der Waals surface area contributed by atoms with E-state index in [0.29, 0.717) is 0 Å². The first-order chi connectivity index (χ1) is 16.8. The topological polar surface area (TPSA) is 0 Å². The van der Waals surface area contributed by atoms with E-state index in [1.807, 2.05) is 94.1 Å². The van der Waals surface area contributed by atoms with Crippen molar-refractivity contribution in [1.29, 1.82) is 0 Å². The fourth-order valence-electron chi connectivity index (χ4n) is 4.23. The van der Waals surface area contributed by atoms with Crippen LogP contribution in [-0.2, 0) is 0 Å². The minimum Gasteiger partial charge on any atom is -0.0963 e. The lowest BCUT2D eigenvalue weighted by Gasteiger charge is -2.11. The van der Waals surface area contributed by atoms with Crippen LogP contribution in [0.5, 0.6) is 0 Å². The molecule has 0 spiro atoms. The first-order valence-corrected chi connectivity index (χ1v) is 17.2. The van der Waals surface area contributed by atoms with Crippen molar-refractivity contribution in [2.75, 3.05) is 0 Å². The number of rotatable bonds is 0. The molecule has 0 bridgehead atoms. The van der Waals surface area contributed by atoms with E-state index in [9.17, 15) is 0 Å². The molecule has 4 aliphatic rings. The Morgan fingerprint density at radius 2 is 0.529 bits per heavy atom. The van der Waals surface area contributed by atoms with Crippen LogP contribution in [0.25, 0.3) is 21.5 Å². The monoisotopic (exact) mass is 580 g/mol. The summed E-state index contributed by atoms with van der Waals surface area (Å²) in [4.78, 5) is 11.0. The molecule has 164 valence electrons. The Bertz CT molecular complexity index is 1420. The average molecular weight is 581 g/mol. The van der Waals surface area contributed by atoms with Crippen molar-refractivity contribution in [2.24, 2.45) is 0 Å². The van der Waals surface area contributed by atoms with Crippen LogP contribution in [0.4, 0.5) is 0 Å². The second-order valence-electron chi connectivity index (χ2n) is 7.89. The summed E-state index contributed by atoms with van der Waals surface area (Å²) < 4.78 is 2.84. The highest BCUT2D eigenvalue weighted by Crippen LogP contribution is 2.62. The molecule has 0 radical (unpaired) electrons. The predicted octanol–water partition coefficient (Wildman–Crippen LogP) is 11.6. The molecule has 0 nitrogen and oxygen atoms in total. The molecule has 8 heteroatoms. The standard InChI is InChI=1S/C26H12S8/c1-2-28-18-6-14-10-22-21(9-13(14)5-17(18)27-1)31-25(32-22)26-33-23-11-15-7-19-20(30-4-3-29-19)8-16(15)12-24(23)34-26/h1-12H. The van der Waals surface area contributed by atoms with Crippen molar-refractivity contribution in [3.8, 4) is 0 Å². The van der Waals surface area contributed by atoms with E-state index in [1.54, 1.807) is 0 Å². The molecular formula is C26H12S8. The van der Waals surface area contributed by atoms with Gasteiger partial charge in [-0.25, -0.2) is 0 Å². The maximum absolute atomic E-state index is 2.39. The summed E-state index contributed by atoms with van der Waals surface area (Å²) in [6.07, 6.45) is 0. The molecule has 0 unspecified atom stereocenters. The molecule has 4 heterocycles. The summed E-state index contributed by atoms with van der Waals surface area (Å²) in [6, 6.07) is 19.0. The zero-order valence-corrected chi connectivity index (χ0v) is 23.7. The number of benzene rings is 4. The molecule has 0 saturated carbocycles. The fraction of sp³-hybridized carbons (Fsp3) is 0. The minimum atomic E-state index is 1.34. The third-order valence-electron chi connectivity index (χ3n) is 5.80. The SMILES string of the molecule is C1=CSc2cc3cc4c(cc3cc2S1)SC(=C1Sc2cc3cc5c(cc3cc2S1)SC=CS5)S4. The molecule has 34 heavy (non-hydrogen) atoms. The van der Waals surface area contributed by atoms with Gasteiger partial charge in [-0.15, -0.1) is 0 Å². The maximum Gasteiger partial charge on any atom is 0.0706 e. The third-order valence-corrected chi connectivity index (χ3v) is 15.4. The van der Waals surface area contributed by atoms with E-state index >= 15 is 0 Å². The number of thioether (sulfide) groups is 8. The lowest BCUT2D eigenvalue weighted by atomic mass is 10.1. The van der Waals surface area contributed by atoms with Crippen LogP contribution in [0.15, 0.2) is 118 Å². The van der Waals surface area contributed by atoms with Gasteiger partial charge in [0.05, 0.1) is 8.47 Å². The molecule has 0 N–H and O–H groups in total. The Morgan fingerprint density at radius 1 is 0.294 bits per heavy atom. The van der Waals surface area contributed by atoms with Gasteiger partial charge in [-0.05, 0) is 91.7 Å². The molecular weight excluding hydrogens is 569 g/mol. The van der Waals surface area contributed by atoms with Crippen molar-refractivity contribution >= 4 is 116 Å². The van der Waals surface area contributed by atoms with Crippen molar-refractivity contribution in [2.45, 2.75) is 39.2 Å². The van der Waals surface area contributed by atoms with Crippen molar-refractivity contribution in [3.63, 3.8) is 0 Å². The Labute approximate surface area is 231 Å². The Hall–Kier alpha value is -0.580. The van der Waals surface area contributed by atoms with Gasteiger partial charge in [0.25, 0.3) is 0 Å². The van der Waals surface area contributed by atoms with Crippen LogP contribution >= 0.6 is 94.1 Å². The van der Waals surface area contributed by atoms with Gasteiger partial charge < -0.3 is 0 Å². The van der Waals surface area contributed by atoms with Crippen molar-refractivity contribution in [3.05, 3.63) is 78.6 Å². The first kappa shape index (κ1) is 21.5. The zero-order valence-electron chi connectivity index (χ0n) is 17.2. The summed E-state index contributed by atoms with van der Waals surface area (Å²) in [7, 11) is 0. The van der Waals surface area contributed by atoms with Gasteiger partial charge in [0.1, 0.15) is 0 Å². The smallest absolute Gasteiger partial charge is 0.0706 e. The summed E-state index contributed by atoms with van der Waals surface area (Å²) in [5.74, 6) is 0. The number of fused-ring (bicyclic) bond motifs is 6. The molecule has 8 rings (SSSR count). The van der Waals surface area contributed by atoms with Gasteiger partial charge >= 0.3 is 0 Å². The van der Waals surface area contributed by atoms with Gasteiger partial charge in [-0.1, -0.05) is 94.1 Å². The second kappa shape index (κ2) is 8.48. The number of hydrogen-bond donors (Lipinski definition) is 0. The zero-order chi connectivity index (χ0) is 22.2. The van der Waals surface area contributed by atoms with Crippen LogP contribution in [0.2, 0.25) is 0 Å². The van der Waals surface area contributed by atoms with Crippen LogP contribution in [0.3, 0.4) is 0 Å². The van der Waals surface area contributed by atoms with Gasteiger partial charge in [0.2, 0.25) is 0 Å². The lowest BCUT2D eigenvalue weighted by Crippen LogP contribution is -1.83. The van der Waals surface area contributed by atoms with E-state index in [1.165, 1.54) is 69.2 Å². The van der Waals surface area contributed by atoms with Gasteiger partial charge in [0.15, 0.2) is 0 Å². The fourth-order valence-corrected chi connectivity index (χ4v) is 13.2. The molecule has 0 atom stereocenters. The normalized spacial score (nSPS) is 17.9. The molecule has 0 saturated heterocycles. The first-order valence-electron chi connectivity index (χ1n) is 10.4. The molecule has 4 aliphatic heterocycles. The summed E-state index contributed by atoms with van der Waals surface area (Å²) in [6.45, 7) is 0. The molecule has 4 aromatic carbocycles. The van der Waals surface area contributed by atoms with Gasteiger partial charge in [-0.3, -0.25) is 0 Å². The Morgan fingerprint density at radius 3 is 0.794 bits per heavy atom. The van der Waals surface area contributed by atoms with Crippen molar-refractivity contribution < 1.29 is 0 Å². The number of hydrogen-bond acceptors (Lipinski definition) is 8. The summed E-state index contributed by atoms with van der Waals surface area (Å²) >= 11 is 15.1. The van der Waals surface area contributed by atoms with Crippen LogP contribution < -0.4 is 0 Å². The van der Waals surface area contributed by atoms with E-state index in [4.69, 9.17) is 0 Å². The largest absolute Gasteiger partial charge is 0.0963 e. The van der Waals surface area contributed by atoms with E-state index < -0.39 is 0 Å². The average Bonchev–Trinajstić information content (AvgIpc) is 3.46. The maximum atomic E-state index is 2.39. The summed E-state index contributed by atoms with van der Waals surface area (Å²) in [5.41, 5.74) is 0. The highest BCUT2D eigenvalue weighted by molar-refractivity contribution is 8.30. The Kier molecular flexibility index (Phi) is 5.36.